The van der Waals surface area contributed by atoms with Gasteiger partial charge in [-0.3, -0.25) is 19.4 Å². The zero-order valence-corrected chi connectivity index (χ0v) is 21.0. The number of carbonyl (C=O) groups is 2. The maximum absolute atomic E-state index is 13.8. The predicted octanol–water partition coefficient (Wildman–Crippen LogP) is 6.82. The Morgan fingerprint density at radius 1 is 0.757 bits per heavy atom. The van der Waals surface area contributed by atoms with E-state index in [1.54, 1.807) is 72.8 Å². The molecule has 0 spiro atoms. The van der Waals surface area contributed by atoms with Crippen LogP contribution in [0.25, 0.3) is 6.08 Å². The van der Waals surface area contributed by atoms with Gasteiger partial charge in [-0.1, -0.05) is 66.2 Å². The van der Waals surface area contributed by atoms with Crippen LogP contribution in [0.15, 0.2) is 109 Å². The van der Waals surface area contributed by atoms with Crippen LogP contribution < -0.4 is 9.80 Å². The summed E-state index contributed by atoms with van der Waals surface area (Å²) in [7, 11) is 0. The molecule has 0 atom stereocenters. The molecule has 1 saturated heterocycles. The first-order valence-electron chi connectivity index (χ1n) is 11.5. The van der Waals surface area contributed by atoms with Gasteiger partial charge < -0.3 is 0 Å². The van der Waals surface area contributed by atoms with E-state index in [-0.39, 0.29) is 16.5 Å². The monoisotopic (exact) mass is 526 g/mol. The van der Waals surface area contributed by atoms with Gasteiger partial charge in [0.1, 0.15) is 11.4 Å². The molecule has 5 rings (SSSR count). The summed E-state index contributed by atoms with van der Waals surface area (Å²) in [5.41, 5.74) is 3.15. The first-order valence-corrected chi connectivity index (χ1v) is 12.3. The minimum atomic E-state index is -0.537. The summed E-state index contributed by atoms with van der Waals surface area (Å²) in [5.74, 6) is -1.41. The number of halogens is 2. The van der Waals surface area contributed by atoms with Gasteiger partial charge in [0.25, 0.3) is 11.8 Å². The molecule has 37 heavy (non-hydrogen) atoms. The van der Waals surface area contributed by atoms with Crippen molar-refractivity contribution in [1.29, 1.82) is 0 Å². The maximum Gasteiger partial charge on any atom is 0.270 e. The van der Waals surface area contributed by atoms with E-state index in [2.05, 4.69) is 0 Å². The van der Waals surface area contributed by atoms with Crippen molar-refractivity contribution in [2.24, 2.45) is 0 Å². The summed E-state index contributed by atoms with van der Waals surface area (Å²) in [5, 5.41) is 0.511. The van der Waals surface area contributed by atoms with E-state index in [4.69, 9.17) is 23.8 Å². The standard InChI is InChI=1S/C30H20ClFN2O2S/c31-23-15-14-21(16-20-8-7-9-24(32)17-20)22(18-23)19-27-28(35)33(25-10-3-1-4-11-25)30(37)34(29(27)36)26-12-5-2-6-13-26/h1-15,17-19H,16H2. The quantitative estimate of drug-likeness (QED) is 0.163. The van der Waals surface area contributed by atoms with Gasteiger partial charge in [-0.05, 0) is 89.9 Å². The Bertz CT molecular complexity index is 1480. The minimum Gasteiger partial charge on any atom is -0.268 e. The Morgan fingerprint density at radius 2 is 1.35 bits per heavy atom. The van der Waals surface area contributed by atoms with Gasteiger partial charge in [0, 0.05) is 5.02 Å². The SMILES string of the molecule is O=C1C(=Cc2cc(Cl)ccc2Cc2cccc(F)c2)C(=O)N(c2ccccc2)C(=S)N1c1ccccc1. The van der Waals surface area contributed by atoms with E-state index in [9.17, 15) is 14.0 Å². The molecule has 0 aromatic heterocycles. The average Bonchev–Trinajstić information content (AvgIpc) is 2.89. The van der Waals surface area contributed by atoms with Gasteiger partial charge in [-0.15, -0.1) is 0 Å². The van der Waals surface area contributed by atoms with Crippen LogP contribution in [0.5, 0.6) is 0 Å². The summed E-state index contributed by atoms with van der Waals surface area (Å²) in [6, 6.07) is 29.4. The zero-order chi connectivity index (χ0) is 25.9. The van der Waals surface area contributed by atoms with Crippen molar-refractivity contribution in [3.63, 3.8) is 0 Å². The van der Waals surface area contributed by atoms with E-state index in [1.165, 1.54) is 21.9 Å². The fourth-order valence-corrected chi connectivity index (χ4v) is 4.78. The van der Waals surface area contributed by atoms with E-state index < -0.39 is 11.8 Å². The number of hydrogen-bond acceptors (Lipinski definition) is 3. The highest BCUT2D eigenvalue weighted by molar-refractivity contribution is 7.81. The predicted molar refractivity (Wildman–Crippen MR) is 149 cm³/mol. The van der Waals surface area contributed by atoms with Gasteiger partial charge >= 0.3 is 0 Å². The summed E-state index contributed by atoms with van der Waals surface area (Å²) in [6.45, 7) is 0. The molecule has 0 aliphatic carbocycles. The summed E-state index contributed by atoms with van der Waals surface area (Å²) < 4.78 is 13.8. The maximum atomic E-state index is 13.8. The molecule has 7 heteroatoms. The molecule has 182 valence electrons. The lowest BCUT2D eigenvalue weighted by Gasteiger charge is -2.36. The van der Waals surface area contributed by atoms with E-state index >= 15 is 0 Å². The average molecular weight is 527 g/mol. The Balaban J connectivity index is 1.64. The molecule has 1 fully saturated rings. The van der Waals surface area contributed by atoms with Crippen LogP contribution >= 0.6 is 23.8 Å². The number of nitrogens with zero attached hydrogens (tertiary/aromatic N) is 2. The number of rotatable bonds is 5. The van der Waals surface area contributed by atoms with E-state index in [1.807, 2.05) is 24.3 Å². The number of anilines is 2. The van der Waals surface area contributed by atoms with E-state index in [0.29, 0.717) is 28.4 Å². The van der Waals surface area contributed by atoms with Crippen LogP contribution in [-0.2, 0) is 16.0 Å². The molecule has 4 aromatic rings. The normalized spacial score (nSPS) is 13.8. The third-order valence-corrected chi connectivity index (χ3v) is 6.57. The largest absolute Gasteiger partial charge is 0.270 e. The fourth-order valence-electron chi connectivity index (χ4n) is 4.22. The third kappa shape index (κ3) is 5.07. The first-order chi connectivity index (χ1) is 17.9. The van der Waals surface area contributed by atoms with Crippen molar-refractivity contribution in [1.82, 2.24) is 0 Å². The Kier molecular flexibility index (Phi) is 6.95. The first kappa shape index (κ1) is 24.6. The van der Waals surface area contributed by atoms with Gasteiger partial charge in [0.15, 0.2) is 5.11 Å². The minimum absolute atomic E-state index is 0.0654. The molecule has 1 aliphatic rings. The van der Waals surface area contributed by atoms with Gasteiger partial charge in [-0.25, -0.2) is 4.39 Å². The molecular formula is C30H20ClFN2O2S. The number of benzene rings is 4. The van der Waals surface area contributed by atoms with Gasteiger partial charge in [0.2, 0.25) is 0 Å². The molecule has 2 amide bonds. The molecule has 0 unspecified atom stereocenters. The highest BCUT2D eigenvalue weighted by Crippen LogP contribution is 2.31. The molecular weight excluding hydrogens is 507 g/mol. The van der Waals surface area contributed by atoms with Crippen molar-refractivity contribution in [3.05, 3.63) is 136 Å². The molecule has 0 radical (unpaired) electrons. The molecule has 1 aliphatic heterocycles. The molecule has 0 N–H and O–H groups in total. The highest BCUT2D eigenvalue weighted by Gasteiger charge is 2.41. The van der Waals surface area contributed by atoms with Gasteiger partial charge in [0.05, 0.1) is 11.4 Å². The highest BCUT2D eigenvalue weighted by atomic mass is 35.5. The van der Waals surface area contributed by atoms with Crippen LogP contribution in [0.1, 0.15) is 16.7 Å². The van der Waals surface area contributed by atoms with Crippen LogP contribution in [0.3, 0.4) is 0 Å². The fraction of sp³-hybridized carbons (Fsp3) is 0.0333. The second kappa shape index (κ2) is 10.5. The lowest BCUT2D eigenvalue weighted by molar-refractivity contribution is -0.120. The lowest BCUT2D eigenvalue weighted by Crippen LogP contribution is -2.56. The second-order valence-electron chi connectivity index (χ2n) is 8.44. The van der Waals surface area contributed by atoms with Crippen molar-refractivity contribution in [3.8, 4) is 0 Å². The Morgan fingerprint density at radius 3 is 1.92 bits per heavy atom. The topological polar surface area (TPSA) is 40.6 Å². The summed E-state index contributed by atoms with van der Waals surface area (Å²) in [4.78, 5) is 30.2. The van der Waals surface area contributed by atoms with Crippen molar-refractivity contribution in [2.45, 2.75) is 6.42 Å². The molecule has 4 aromatic carbocycles. The molecule has 0 saturated carbocycles. The number of hydrogen-bond donors (Lipinski definition) is 0. The van der Waals surface area contributed by atoms with Gasteiger partial charge in [-0.2, -0.15) is 0 Å². The zero-order valence-electron chi connectivity index (χ0n) is 19.5. The summed E-state index contributed by atoms with van der Waals surface area (Å²) >= 11 is 12.0. The van der Waals surface area contributed by atoms with Crippen LogP contribution in [0.2, 0.25) is 5.02 Å². The third-order valence-electron chi connectivity index (χ3n) is 5.97. The van der Waals surface area contributed by atoms with Crippen molar-refractivity contribution >= 4 is 58.2 Å². The van der Waals surface area contributed by atoms with Crippen LogP contribution in [-0.4, -0.2) is 16.9 Å². The summed E-state index contributed by atoms with van der Waals surface area (Å²) in [6.07, 6.45) is 1.93. The number of thiocarbonyl (C=S) groups is 1. The van der Waals surface area contributed by atoms with Crippen molar-refractivity contribution < 1.29 is 14.0 Å². The molecule has 4 nitrogen and oxygen atoms in total. The Labute approximate surface area is 224 Å². The number of para-hydroxylation sites is 2. The Hall–Kier alpha value is -4.13. The smallest absolute Gasteiger partial charge is 0.268 e. The number of amides is 2. The van der Waals surface area contributed by atoms with E-state index in [0.717, 1.165) is 11.1 Å². The second-order valence-corrected chi connectivity index (χ2v) is 9.24. The van der Waals surface area contributed by atoms with Crippen LogP contribution in [0.4, 0.5) is 15.8 Å². The lowest BCUT2D eigenvalue weighted by atomic mass is 9.97. The van der Waals surface area contributed by atoms with Crippen LogP contribution in [0, 0.1) is 5.82 Å². The van der Waals surface area contributed by atoms with Crippen molar-refractivity contribution in [2.75, 3.05) is 9.80 Å². The molecule has 1 heterocycles. The number of carbonyl (C=O) groups excluding carboxylic acids is 2. The molecule has 0 bridgehead atoms.